The van der Waals surface area contributed by atoms with Gasteiger partial charge in [0.05, 0.1) is 29.0 Å². The maximum Gasteiger partial charge on any atom is 0.338 e. The fraction of sp³-hybridized carbons (Fsp3) is 0.219. The van der Waals surface area contributed by atoms with Gasteiger partial charge in [-0.3, -0.25) is 9.36 Å². The summed E-state index contributed by atoms with van der Waals surface area (Å²) in [6.45, 7) is 6.16. The van der Waals surface area contributed by atoms with Gasteiger partial charge in [-0.15, -0.1) is 0 Å². The Morgan fingerprint density at radius 1 is 0.977 bits per heavy atom. The first kappa shape index (κ1) is 30.9. The Bertz CT molecular complexity index is 1910. The van der Waals surface area contributed by atoms with Gasteiger partial charge < -0.3 is 14.2 Å². The van der Waals surface area contributed by atoms with Crippen LogP contribution in [-0.4, -0.2) is 23.8 Å². The minimum absolute atomic E-state index is 0.184. The number of fused-ring (bicyclic) bond motifs is 1. The molecule has 7 nitrogen and oxygen atoms in total. The highest BCUT2D eigenvalue weighted by Gasteiger charge is 2.34. The van der Waals surface area contributed by atoms with Crippen LogP contribution < -0.4 is 24.4 Å². The fourth-order valence-corrected chi connectivity index (χ4v) is 6.48. The summed E-state index contributed by atoms with van der Waals surface area (Å²) in [5, 5.41) is 1.48. The van der Waals surface area contributed by atoms with Crippen LogP contribution >= 0.6 is 46.1 Å². The standard InChI is InChI=1S/C32H27Cl3N2O5S/c1-4-40-26-14-19(10-13-25(26)42-17-20-11-12-21(33)16-24(20)35)15-27-30(38)37-29(22-8-6-7-9-23(22)34)28(31(39)41-5-2)18(3)36-32(37)43-27/h6-16,29H,4-5,17H2,1-3H3/b27-15-/t29-/m1/s1. The molecule has 0 aliphatic carbocycles. The molecule has 1 atom stereocenters. The second kappa shape index (κ2) is 13.4. The first-order valence-corrected chi connectivity index (χ1v) is 15.4. The van der Waals surface area contributed by atoms with Gasteiger partial charge >= 0.3 is 5.97 Å². The molecule has 222 valence electrons. The molecular weight excluding hydrogens is 631 g/mol. The average Bonchev–Trinajstić information content (AvgIpc) is 3.27. The lowest BCUT2D eigenvalue weighted by Gasteiger charge is -2.25. The summed E-state index contributed by atoms with van der Waals surface area (Å²) in [6.07, 6.45) is 1.76. The van der Waals surface area contributed by atoms with E-state index in [9.17, 15) is 9.59 Å². The van der Waals surface area contributed by atoms with E-state index in [4.69, 9.17) is 49.0 Å². The number of thiazole rings is 1. The molecule has 0 spiro atoms. The van der Waals surface area contributed by atoms with Crippen LogP contribution in [0.15, 0.2) is 81.7 Å². The molecule has 1 aliphatic heterocycles. The first-order valence-electron chi connectivity index (χ1n) is 13.5. The quantitative estimate of drug-likeness (QED) is 0.187. The number of hydrogen-bond donors (Lipinski definition) is 0. The summed E-state index contributed by atoms with van der Waals surface area (Å²) < 4.78 is 19.2. The predicted octanol–water partition coefficient (Wildman–Crippen LogP) is 6.74. The van der Waals surface area contributed by atoms with Crippen LogP contribution in [0.5, 0.6) is 11.5 Å². The maximum atomic E-state index is 13.9. The van der Waals surface area contributed by atoms with Crippen molar-refractivity contribution in [3.8, 4) is 11.5 Å². The molecule has 0 bridgehead atoms. The number of esters is 1. The van der Waals surface area contributed by atoms with Crippen molar-refractivity contribution in [3.63, 3.8) is 0 Å². The summed E-state index contributed by atoms with van der Waals surface area (Å²) in [6, 6.07) is 17.0. The number of halogens is 3. The molecule has 0 fully saturated rings. The molecule has 3 aromatic carbocycles. The van der Waals surface area contributed by atoms with Gasteiger partial charge in [0.15, 0.2) is 16.3 Å². The lowest BCUT2D eigenvalue weighted by molar-refractivity contribution is -0.139. The zero-order chi connectivity index (χ0) is 30.7. The van der Waals surface area contributed by atoms with Crippen molar-refractivity contribution in [1.29, 1.82) is 0 Å². The van der Waals surface area contributed by atoms with Gasteiger partial charge in [-0.1, -0.05) is 76.5 Å². The molecule has 11 heteroatoms. The first-order chi connectivity index (χ1) is 20.7. The third-order valence-electron chi connectivity index (χ3n) is 6.68. The number of hydrogen-bond acceptors (Lipinski definition) is 7. The highest BCUT2D eigenvalue weighted by atomic mass is 35.5. The summed E-state index contributed by atoms with van der Waals surface area (Å²) in [4.78, 5) is 32.1. The third-order valence-corrected chi connectivity index (χ3v) is 8.59. The van der Waals surface area contributed by atoms with Crippen molar-refractivity contribution in [1.82, 2.24) is 4.57 Å². The topological polar surface area (TPSA) is 79.1 Å². The van der Waals surface area contributed by atoms with Crippen molar-refractivity contribution in [3.05, 3.63) is 123 Å². The minimum Gasteiger partial charge on any atom is -0.490 e. The number of ether oxygens (including phenoxy) is 3. The Morgan fingerprint density at radius 2 is 1.77 bits per heavy atom. The van der Waals surface area contributed by atoms with Gasteiger partial charge in [-0.25, -0.2) is 9.79 Å². The van der Waals surface area contributed by atoms with E-state index in [1.807, 2.05) is 25.1 Å². The Kier molecular flexibility index (Phi) is 9.62. The number of benzene rings is 3. The number of carbonyl (C=O) groups excluding carboxylic acids is 1. The van der Waals surface area contributed by atoms with Gasteiger partial charge in [0.2, 0.25) is 0 Å². The molecule has 0 radical (unpaired) electrons. The van der Waals surface area contributed by atoms with E-state index in [0.717, 1.165) is 11.1 Å². The Hall–Kier alpha value is -3.56. The summed E-state index contributed by atoms with van der Waals surface area (Å²) in [7, 11) is 0. The van der Waals surface area contributed by atoms with E-state index in [0.29, 0.717) is 53.8 Å². The molecule has 0 saturated heterocycles. The van der Waals surface area contributed by atoms with Crippen molar-refractivity contribution in [2.75, 3.05) is 13.2 Å². The number of carbonyl (C=O) groups is 1. The van der Waals surface area contributed by atoms with Crippen LogP contribution in [0.4, 0.5) is 0 Å². The van der Waals surface area contributed by atoms with E-state index in [-0.39, 0.29) is 24.3 Å². The zero-order valence-electron chi connectivity index (χ0n) is 23.5. The van der Waals surface area contributed by atoms with Crippen LogP contribution in [0.3, 0.4) is 0 Å². The van der Waals surface area contributed by atoms with Crippen LogP contribution in [0.2, 0.25) is 15.1 Å². The van der Waals surface area contributed by atoms with Crippen LogP contribution in [0.1, 0.15) is 43.5 Å². The monoisotopic (exact) mass is 656 g/mol. The molecule has 0 N–H and O–H groups in total. The van der Waals surface area contributed by atoms with E-state index in [1.54, 1.807) is 62.4 Å². The average molecular weight is 658 g/mol. The van der Waals surface area contributed by atoms with Crippen LogP contribution in [0, 0.1) is 0 Å². The highest BCUT2D eigenvalue weighted by molar-refractivity contribution is 7.07. The second-order valence-electron chi connectivity index (χ2n) is 9.49. The molecule has 0 amide bonds. The smallest absolute Gasteiger partial charge is 0.338 e. The number of aromatic nitrogens is 1. The lowest BCUT2D eigenvalue weighted by atomic mass is 9.96. The van der Waals surface area contributed by atoms with Crippen molar-refractivity contribution >= 4 is 58.2 Å². The van der Waals surface area contributed by atoms with Gasteiger partial charge in [-0.05, 0) is 68.3 Å². The largest absolute Gasteiger partial charge is 0.490 e. The Balaban J connectivity index is 1.55. The van der Waals surface area contributed by atoms with E-state index in [1.165, 1.54) is 15.9 Å². The van der Waals surface area contributed by atoms with Crippen LogP contribution in [0.25, 0.3) is 6.08 Å². The number of allylic oxidation sites excluding steroid dienone is 1. The fourth-order valence-electron chi connectivity index (χ4n) is 4.73. The second-order valence-corrected chi connectivity index (χ2v) is 11.7. The van der Waals surface area contributed by atoms with Crippen molar-refractivity contribution in [2.45, 2.75) is 33.4 Å². The van der Waals surface area contributed by atoms with Crippen LogP contribution in [-0.2, 0) is 16.1 Å². The maximum absolute atomic E-state index is 13.9. The molecule has 43 heavy (non-hydrogen) atoms. The predicted molar refractivity (Wildman–Crippen MR) is 170 cm³/mol. The van der Waals surface area contributed by atoms with Crippen molar-refractivity contribution < 1.29 is 19.0 Å². The van der Waals surface area contributed by atoms with E-state index >= 15 is 0 Å². The molecule has 0 unspecified atom stereocenters. The molecule has 4 aromatic rings. The summed E-state index contributed by atoms with van der Waals surface area (Å²) in [5.74, 6) is 0.503. The van der Waals surface area contributed by atoms with E-state index < -0.39 is 12.0 Å². The normalized spacial score (nSPS) is 14.7. The molecule has 1 aliphatic rings. The van der Waals surface area contributed by atoms with Gasteiger partial charge in [0, 0.05) is 20.6 Å². The number of nitrogens with zero attached hydrogens (tertiary/aromatic N) is 2. The highest BCUT2D eigenvalue weighted by Crippen LogP contribution is 2.35. The molecule has 5 rings (SSSR count). The van der Waals surface area contributed by atoms with Crippen molar-refractivity contribution in [2.24, 2.45) is 4.99 Å². The van der Waals surface area contributed by atoms with Gasteiger partial charge in [0.25, 0.3) is 5.56 Å². The Morgan fingerprint density at radius 3 is 2.49 bits per heavy atom. The van der Waals surface area contributed by atoms with Gasteiger partial charge in [-0.2, -0.15) is 0 Å². The molecular formula is C32H27Cl3N2O5S. The molecule has 2 heterocycles. The minimum atomic E-state index is -0.791. The molecule has 1 aromatic heterocycles. The summed E-state index contributed by atoms with van der Waals surface area (Å²) in [5.41, 5.74) is 2.55. The molecule has 0 saturated carbocycles. The Labute approximate surface area is 267 Å². The van der Waals surface area contributed by atoms with E-state index in [2.05, 4.69) is 4.99 Å². The zero-order valence-corrected chi connectivity index (χ0v) is 26.6. The summed E-state index contributed by atoms with van der Waals surface area (Å²) >= 11 is 20.1. The van der Waals surface area contributed by atoms with Gasteiger partial charge in [0.1, 0.15) is 12.6 Å². The SMILES string of the molecule is CCOC(=O)C1=C(C)N=c2s/c(=C\c3ccc(OCc4ccc(Cl)cc4Cl)c(OCC)c3)c(=O)n2[C@@H]1c1ccccc1Cl. The number of rotatable bonds is 9. The third kappa shape index (κ3) is 6.53. The lowest BCUT2D eigenvalue weighted by Crippen LogP contribution is -2.40.